The summed E-state index contributed by atoms with van der Waals surface area (Å²) in [7, 11) is 1.35. The van der Waals surface area contributed by atoms with Gasteiger partial charge in [-0.2, -0.15) is 0 Å². The van der Waals surface area contributed by atoms with E-state index in [0.29, 0.717) is 6.42 Å². The maximum absolute atomic E-state index is 11.1. The predicted octanol–water partition coefficient (Wildman–Crippen LogP) is 0.305. The van der Waals surface area contributed by atoms with Gasteiger partial charge in [0, 0.05) is 5.92 Å². The summed E-state index contributed by atoms with van der Waals surface area (Å²) >= 11 is 0. The van der Waals surface area contributed by atoms with Gasteiger partial charge in [-0.15, -0.1) is 0 Å². The zero-order valence-electron chi connectivity index (χ0n) is 6.16. The van der Waals surface area contributed by atoms with Gasteiger partial charge in [-0.3, -0.25) is 9.59 Å². The molecule has 11 heavy (non-hydrogen) atoms. The number of hydrogen-bond donors (Lipinski definition) is 0. The number of hydrogen-bond acceptors (Lipinski definition) is 3. The average molecular weight is 152 g/mol. The lowest BCUT2D eigenvalue weighted by atomic mass is 10.1. The molecule has 2 aliphatic carbocycles. The first-order valence-corrected chi connectivity index (χ1v) is 3.52. The Morgan fingerprint density at radius 2 is 2.55 bits per heavy atom. The van der Waals surface area contributed by atoms with Crippen LogP contribution >= 0.6 is 0 Å². The lowest BCUT2D eigenvalue weighted by Crippen LogP contribution is -2.16. The topological polar surface area (TPSA) is 43.4 Å². The highest BCUT2D eigenvalue weighted by atomic mass is 16.5. The molecule has 2 atom stereocenters. The summed E-state index contributed by atoms with van der Waals surface area (Å²) in [5, 5.41) is 0. The van der Waals surface area contributed by atoms with E-state index in [0.717, 1.165) is 0 Å². The fourth-order valence-electron chi connectivity index (χ4n) is 1.65. The molecule has 58 valence electrons. The van der Waals surface area contributed by atoms with Gasteiger partial charge in [0.2, 0.25) is 0 Å². The largest absolute Gasteiger partial charge is 0.468 e. The van der Waals surface area contributed by atoms with Crippen molar-refractivity contribution in [3.63, 3.8) is 0 Å². The van der Waals surface area contributed by atoms with Crippen molar-refractivity contribution in [2.24, 2.45) is 11.3 Å². The molecule has 0 amide bonds. The molecular weight excluding hydrogens is 144 g/mol. The predicted molar refractivity (Wildman–Crippen MR) is 36.7 cm³/mol. The number of methoxy groups -OCH3 is 1. The van der Waals surface area contributed by atoms with Gasteiger partial charge in [0.15, 0.2) is 5.78 Å². The summed E-state index contributed by atoms with van der Waals surface area (Å²) in [6.45, 7) is 0. The van der Waals surface area contributed by atoms with Crippen LogP contribution in [0.1, 0.15) is 6.42 Å². The van der Waals surface area contributed by atoms with Crippen molar-refractivity contribution < 1.29 is 14.3 Å². The number of ether oxygens (including phenoxy) is 1. The molecule has 1 saturated carbocycles. The number of carbonyl (C=O) groups is 2. The van der Waals surface area contributed by atoms with Gasteiger partial charge < -0.3 is 4.74 Å². The molecule has 0 bridgehead atoms. The van der Waals surface area contributed by atoms with Crippen LogP contribution in [0.25, 0.3) is 0 Å². The third-order valence-corrected chi connectivity index (χ3v) is 2.46. The molecule has 2 unspecified atom stereocenters. The fourth-order valence-corrected chi connectivity index (χ4v) is 1.65. The van der Waals surface area contributed by atoms with E-state index in [-0.39, 0.29) is 17.7 Å². The molecular formula is C8H8O3. The molecule has 3 nitrogen and oxygen atoms in total. The number of rotatable bonds is 1. The van der Waals surface area contributed by atoms with E-state index in [1.165, 1.54) is 13.2 Å². The molecule has 2 rings (SSSR count). The van der Waals surface area contributed by atoms with Crippen LogP contribution in [0.2, 0.25) is 0 Å². The first kappa shape index (κ1) is 6.58. The first-order valence-electron chi connectivity index (χ1n) is 3.52. The van der Waals surface area contributed by atoms with Gasteiger partial charge >= 0.3 is 5.97 Å². The molecule has 0 spiro atoms. The van der Waals surface area contributed by atoms with E-state index in [1.54, 1.807) is 6.08 Å². The molecule has 0 aromatic heterocycles. The van der Waals surface area contributed by atoms with E-state index in [2.05, 4.69) is 4.74 Å². The van der Waals surface area contributed by atoms with Crippen LogP contribution in [0, 0.1) is 11.3 Å². The zero-order valence-corrected chi connectivity index (χ0v) is 6.16. The summed E-state index contributed by atoms with van der Waals surface area (Å²) in [4.78, 5) is 22.0. The Morgan fingerprint density at radius 1 is 1.82 bits per heavy atom. The number of carbonyl (C=O) groups excluding carboxylic acids is 2. The summed E-state index contributed by atoms with van der Waals surface area (Å²) < 4.78 is 4.58. The molecule has 0 aliphatic heterocycles. The van der Waals surface area contributed by atoms with E-state index < -0.39 is 5.41 Å². The molecule has 0 saturated heterocycles. The minimum absolute atomic E-state index is 0.0652. The van der Waals surface area contributed by atoms with Crippen molar-refractivity contribution >= 4 is 11.8 Å². The van der Waals surface area contributed by atoms with Crippen molar-refractivity contribution in [2.75, 3.05) is 7.11 Å². The highest BCUT2D eigenvalue weighted by Crippen LogP contribution is 2.58. The minimum atomic E-state index is -0.550. The van der Waals surface area contributed by atoms with Crippen LogP contribution in [0.4, 0.5) is 0 Å². The SMILES string of the molecule is COC(=O)C12C=CC(=O)C1C2. The van der Waals surface area contributed by atoms with Gasteiger partial charge in [0.25, 0.3) is 0 Å². The lowest BCUT2D eigenvalue weighted by Gasteiger charge is -2.03. The zero-order chi connectivity index (χ0) is 8.06. The Kier molecular flexibility index (Phi) is 1.03. The highest BCUT2D eigenvalue weighted by Gasteiger charge is 2.65. The second-order valence-corrected chi connectivity index (χ2v) is 3.02. The second-order valence-electron chi connectivity index (χ2n) is 3.02. The Labute approximate surface area is 64.0 Å². The van der Waals surface area contributed by atoms with Crippen molar-refractivity contribution in [3.05, 3.63) is 12.2 Å². The molecule has 3 heteroatoms. The van der Waals surface area contributed by atoms with Crippen LogP contribution < -0.4 is 0 Å². The van der Waals surface area contributed by atoms with Gasteiger partial charge in [0.05, 0.1) is 12.5 Å². The van der Waals surface area contributed by atoms with E-state index in [1.807, 2.05) is 0 Å². The third kappa shape index (κ3) is 0.628. The van der Waals surface area contributed by atoms with Crippen LogP contribution in [0.15, 0.2) is 12.2 Å². The fraction of sp³-hybridized carbons (Fsp3) is 0.500. The average Bonchev–Trinajstić information content (AvgIpc) is 2.68. The van der Waals surface area contributed by atoms with Crippen LogP contribution in [0.3, 0.4) is 0 Å². The smallest absolute Gasteiger partial charge is 0.316 e. The van der Waals surface area contributed by atoms with Gasteiger partial charge in [-0.1, -0.05) is 6.08 Å². The second kappa shape index (κ2) is 1.72. The number of fused-ring (bicyclic) bond motifs is 1. The molecule has 0 aromatic rings. The first-order chi connectivity index (χ1) is 5.20. The van der Waals surface area contributed by atoms with E-state index in [4.69, 9.17) is 0 Å². The standard InChI is InChI=1S/C8H8O3/c1-11-7(10)8-3-2-6(9)5(8)4-8/h2-3,5H,4H2,1H3. The normalized spacial score (nSPS) is 38.6. The maximum atomic E-state index is 11.1. The summed E-state index contributed by atoms with van der Waals surface area (Å²) in [6.07, 6.45) is 3.80. The summed E-state index contributed by atoms with van der Waals surface area (Å²) in [5.41, 5.74) is -0.550. The third-order valence-electron chi connectivity index (χ3n) is 2.46. The van der Waals surface area contributed by atoms with Crippen LogP contribution in [0.5, 0.6) is 0 Å². The minimum Gasteiger partial charge on any atom is -0.468 e. The van der Waals surface area contributed by atoms with Gasteiger partial charge in [-0.05, 0) is 12.5 Å². The van der Waals surface area contributed by atoms with Crippen molar-refractivity contribution in [3.8, 4) is 0 Å². The molecule has 1 fully saturated rings. The number of allylic oxidation sites excluding steroid dienone is 1. The lowest BCUT2D eigenvalue weighted by molar-refractivity contribution is -0.146. The molecule has 0 N–H and O–H groups in total. The molecule has 2 aliphatic rings. The van der Waals surface area contributed by atoms with Crippen molar-refractivity contribution in [1.82, 2.24) is 0 Å². The molecule has 0 aromatic carbocycles. The molecule has 0 radical (unpaired) electrons. The Morgan fingerprint density at radius 3 is 2.91 bits per heavy atom. The van der Waals surface area contributed by atoms with Crippen LogP contribution in [-0.4, -0.2) is 18.9 Å². The Hall–Kier alpha value is -1.12. The Balaban J connectivity index is 2.25. The van der Waals surface area contributed by atoms with Gasteiger partial charge in [0.1, 0.15) is 0 Å². The van der Waals surface area contributed by atoms with Crippen LogP contribution in [-0.2, 0) is 14.3 Å². The highest BCUT2D eigenvalue weighted by molar-refractivity contribution is 6.06. The summed E-state index contributed by atoms with van der Waals surface area (Å²) in [5.74, 6) is -0.310. The van der Waals surface area contributed by atoms with E-state index in [9.17, 15) is 9.59 Å². The summed E-state index contributed by atoms with van der Waals surface area (Å²) in [6, 6.07) is 0. The van der Waals surface area contributed by atoms with Crippen molar-refractivity contribution in [1.29, 1.82) is 0 Å². The number of ketones is 1. The quantitative estimate of drug-likeness (QED) is 0.508. The number of esters is 1. The van der Waals surface area contributed by atoms with Crippen molar-refractivity contribution in [2.45, 2.75) is 6.42 Å². The van der Waals surface area contributed by atoms with Gasteiger partial charge in [-0.25, -0.2) is 0 Å². The Bertz CT molecular complexity index is 267. The molecule has 0 heterocycles. The maximum Gasteiger partial charge on any atom is 0.316 e. The van der Waals surface area contributed by atoms with E-state index >= 15 is 0 Å². The monoisotopic (exact) mass is 152 g/mol.